The van der Waals surface area contributed by atoms with Gasteiger partial charge in [-0.1, -0.05) is 41.6 Å². The zero-order chi connectivity index (χ0) is 23.9. The summed E-state index contributed by atoms with van der Waals surface area (Å²) in [7, 11) is 0. The monoisotopic (exact) mass is 473 g/mol. The van der Waals surface area contributed by atoms with Crippen molar-refractivity contribution in [3.63, 3.8) is 0 Å². The van der Waals surface area contributed by atoms with Crippen LogP contribution in [0.1, 0.15) is 11.1 Å². The summed E-state index contributed by atoms with van der Waals surface area (Å²) in [5.41, 5.74) is 5.72. The number of nitrogens with one attached hydrogen (secondary N) is 1. The van der Waals surface area contributed by atoms with E-state index in [-0.39, 0.29) is 17.3 Å². The number of aryl methyl sites for hydroxylation is 1. The second-order valence-corrected chi connectivity index (χ2v) is 8.09. The molecule has 0 aliphatic heterocycles. The molecule has 0 spiro atoms. The number of nitrogens with zero attached hydrogens (tertiary/aromatic N) is 6. The number of pyridine rings is 1. The van der Waals surface area contributed by atoms with E-state index < -0.39 is 4.92 Å². The lowest BCUT2D eigenvalue weighted by Crippen LogP contribution is -2.20. The fraction of sp³-hybridized carbons (Fsp3) is 0.0870. The van der Waals surface area contributed by atoms with Gasteiger partial charge >= 0.3 is 0 Å². The Bertz CT molecular complexity index is 1340. The molecule has 1 amide bonds. The van der Waals surface area contributed by atoms with Crippen molar-refractivity contribution in [3.05, 3.63) is 94.3 Å². The molecule has 4 rings (SSSR count). The molecule has 170 valence electrons. The lowest BCUT2D eigenvalue weighted by molar-refractivity contribution is -0.384. The number of hydrazone groups is 1. The Morgan fingerprint density at radius 1 is 1.15 bits per heavy atom. The van der Waals surface area contributed by atoms with Crippen LogP contribution in [-0.2, 0) is 4.79 Å². The molecule has 0 aliphatic rings. The Labute approximate surface area is 198 Å². The van der Waals surface area contributed by atoms with E-state index in [9.17, 15) is 14.9 Å². The highest BCUT2D eigenvalue weighted by Crippen LogP contribution is 2.27. The topological polar surface area (TPSA) is 128 Å². The minimum absolute atomic E-state index is 0.0482. The normalized spacial score (nSPS) is 11.0. The lowest BCUT2D eigenvalue weighted by atomic mass is 10.2. The fourth-order valence-electron chi connectivity index (χ4n) is 3.04. The van der Waals surface area contributed by atoms with Crippen molar-refractivity contribution in [1.82, 2.24) is 25.2 Å². The quantitative estimate of drug-likeness (QED) is 0.178. The van der Waals surface area contributed by atoms with Crippen molar-refractivity contribution in [1.29, 1.82) is 0 Å². The maximum Gasteiger partial charge on any atom is 0.270 e. The van der Waals surface area contributed by atoms with Crippen LogP contribution in [0.2, 0.25) is 0 Å². The maximum absolute atomic E-state index is 12.3. The molecule has 10 nitrogen and oxygen atoms in total. The highest BCUT2D eigenvalue weighted by Gasteiger charge is 2.17. The number of thioether (sulfide) groups is 1. The van der Waals surface area contributed by atoms with Crippen LogP contribution in [0.4, 0.5) is 5.69 Å². The summed E-state index contributed by atoms with van der Waals surface area (Å²) in [5, 5.41) is 23.9. The third-order valence-electron chi connectivity index (χ3n) is 4.68. The first-order valence-electron chi connectivity index (χ1n) is 10.1. The van der Waals surface area contributed by atoms with Gasteiger partial charge in [0.2, 0.25) is 0 Å². The number of carbonyl (C=O) groups is 1. The molecule has 1 N–H and O–H groups in total. The van der Waals surface area contributed by atoms with E-state index in [1.54, 1.807) is 24.5 Å². The number of benzene rings is 2. The number of nitro groups is 1. The van der Waals surface area contributed by atoms with Crippen LogP contribution in [0.25, 0.3) is 17.1 Å². The second kappa shape index (κ2) is 10.5. The number of aromatic nitrogens is 4. The summed E-state index contributed by atoms with van der Waals surface area (Å²) >= 11 is 1.22. The molecular weight excluding hydrogens is 454 g/mol. The van der Waals surface area contributed by atoms with Crippen LogP contribution in [0, 0.1) is 17.0 Å². The maximum atomic E-state index is 12.3. The van der Waals surface area contributed by atoms with Crippen molar-refractivity contribution < 1.29 is 9.72 Å². The van der Waals surface area contributed by atoms with Crippen molar-refractivity contribution in [2.75, 3.05) is 5.75 Å². The average molecular weight is 474 g/mol. The molecule has 0 fully saturated rings. The van der Waals surface area contributed by atoms with Crippen LogP contribution >= 0.6 is 11.8 Å². The highest BCUT2D eigenvalue weighted by atomic mass is 32.2. The SMILES string of the molecule is Cc1ccc(-n2c(SCC(=O)N/N=C/c3cccc([N+](=O)[O-])c3)nnc2-c2ccncc2)cc1. The third-order valence-corrected chi connectivity index (χ3v) is 5.61. The van der Waals surface area contributed by atoms with Gasteiger partial charge < -0.3 is 0 Å². The zero-order valence-corrected chi connectivity index (χ0v) is 18.8. The Balaban J connectivity index is 1.48. The van der Waals surface area contributed by atoms with E-state index in [1.807, 2.05) is 47.9 Å². The van der Waals surface area contributed by atoms with Crippen LogP contribution in [0.5, 0.6) is 0 Å². The van der Waals surface area contributed by atoms with Crippen LogP contribution in [-0.4, -0.2) is 42.5 Å². The first-order chi connectivity index (χ1) is 16.5. The van der Waals surface area contributed by atoms with E-state index >= 15 is 0 Å². The van der Waals surface area contributed by atoms with E-state index in [4.69, 9.17) is 0 Å². The lowest BCUT2D eigenvalue weighted by Gasteiger charge is -2.10. The standard InChI is InChI=1S/C23H19N7O3S/c1-16-5-7-19(8-6-16)29-22(18-9-11-24-12-10-18)27-28-23(29)34-15-21(31)26-25-14-17-3-2-4-20(13-17)30(32)33/h2-14H,15H2,1H3,(H,26,31)/b25-14+. The van der Waals surface area contributed by atoms with Gasteiger partial charge in [-0.3, -0.25) is 24.5 Å². The number of rotatable bonds is 8. The molecule has 0 saturated heterocycles. The molecular formula is C23H19N7O3S. The molecule has 4 aromatic rings. The molecule has 2 heterocycles. The highest BCUT2D eigenvalue weighted by molar-refractivity contribution is 7.99. The predicted molar refractivity (Wildman–Crippen MR) is 129 cm³/mol. The smallest absolute Gasteiger partial charge is 0.270 e. The van der Waals surface area contributed by atoms with E-state index in [2.05, 4.69) is 25.7 Å². The number of carbonyl (C=O) groups excluding carboxylic acids is 1. The van der Waals surface area contributed by atoms with Crippen molar-refractivity contribution in [2.24, 2.45) is 5.10 Å². The Morgan fingerprint density at radius 2 is 1.91 bits per heavy atom. The number of hydrogen-bond donors (Lipinski definition) is 1. The number of amides is 1. The molecule has 34 heavy (non-hydrogen) atoms. The van der Waals surface area contributed by atoms with Crippen molar-refractivity contribution in [3.8, 4) is 17.1 Å². The number of non-ortho nitro benzene ring substituents is 1. The molecule has 0 atom stereocenters. The van der Waals surface area contributed by atoms with E-state index in [0.717, 1.165) is 16.8 Å². The Hall–Kier alpha value is -4.38. The summed E-state index contributed by atoms with van der Waals surface area (Å²) < 4.78 is 1.89. The van der Waals surface area contributed by atoms with Gasteiger partial charge in [0.05, 0.1) is 16.9 Å². The fourth-order valence-corrected chi connectivity index (χ4v) is 3.78. The van der Waals surface area contributed by atoms with Crippen LogP contribution in [0.3, 0.4) is 0 Å². The van der Waals surface area contributed by atoms with Gasteiger partial charge in [-0.25, -0.2) is 5.43 Å². The molecule has 11 heteroatoms. The molecule has 0 unspecified atom stereocenters. The number of nitro benzene ring substituents is 1. The molecule has 0 bridgehead atoms. The Kier molecular flexibility index (Phi) is 7.04. The van der Waals surface area contributed by atoms with E-state index in [1.165, 1.54) is 30.1 Å². The minimum Gasteiger partial charge on any atom is -0.272 e. The zero-order valence-electron chi connectivity index (χ0n) is 18.0. The summed E-state index contributed by atoms with van der Waals surface area (Å²) in [5.74, 6) is 0.334. The molecule has 0 aliphatic carbocycles. The average Bonchev–Trinajstić information content (AvgIpc) is 3.28. The Morgan fingerprint density at radius 3 is 2.65 bits per heavy atom. The number of hydrogen-bond acceptors (Lipinski definition) is 8. The van der Waals surface area contributed by atoms with Crippen LogP contribution in [0.15, 0.2) is 83.3 Å². The van der Waals surface area contributed by atoms with Crippen molar-refractivity contribution >= 4 is 29.6 Å². The largest absolute Gasteiger partial charge is 0.272 e. The second-order valence-electron chi connectivity index (χ2n) is 7.15. The van der Waals surface area contributed by atoms with Gasteiger partial charge in [0.25, 0.3) is 11.6 Å². The van der Waals surface area contributed by atoms with Crippen molar-refractivity contribution in [2.45, 2.75) is 12.1 Å². The van der Waals surface area contributed by atoms with Crippen LogP contribution < -0.4 is 5.43 Å². The van der Waals surface area contributed by atoms with Gasteiger partial charge in [-0.2, -0.15) is 5.10 Å². The van der Waals surface area contributed by atoms with Gasteiger partial charge in [0, 0.05) is 41.3 Å². The predicted octanol–water partition coefficient (Wildman–Crippen LogP) is 3.79. The summed E-state index contributed by atoms with van der Waals surface area (Å²) in [6, 6.07) is 17.6. The summed E-state index contributed by atoms with van der Waals surface area (Å²) in [6.45, 7) is 2.01. The molecule has 0 radical (unpaired) electrons. The summed E-state index contributed by atoms with van der Waals surface area (Å²) in [6.07, 6.45) is 4.72. The molecule has 2 aromatic heterocycles. The first-order valence-corrected chi connectivity index (χ1v) is 11.1. The third kappa shape index (κ3) is 5.51. The van der Waals surface area contributed by atoms with Gasteiger partial charge in [0.1, 0.15) is 0 Å². The first kappa shape index (κ1) is 22.8. The molecule has 2 aromatic carbocycles. The molecule has 0 saturated carbocycles. The summed E-state index contributed by atoms with van der Waals surface area (Å²) in [4.78, 5) is 26.8. The van der Waals surface area contributed by atoms with Gasteiger partial charge in [0.15, 0.2) is 11.0 Å². The van der Waals surface area contributed by atoms with Gasteiger partial charge in [-0.05, 0) is 31.2 Å². The van der Waals surface area contributed by atoms with Gasteiger partial charge in [-0.15, -0.1) is 10.2 Å². The van der Waals surface area contributed by atoms with E-state index in [0.29, 0.717) is 16.5 Å². The minimum atomic E-state index is -0.489.